The van der Waals surface area contributed by atoms with Crippen LogP contribution in [0.15, 0.2) is 6.20 Å². The average Bonchev–Trinajstić information content (AvgIpc) is 2.90. The fourth-order valence-corrected chi connectivity index (χ4v) is 2.15. The van der Waals surface area contributed by atoms with Crippen molar-refractivity contribution in [3.8, 4) is 11.9 Å². The van der Waals surface area contributed by atoms with E-state index in [1.807, 2.05) is 11.0 Å². The Morgan fingerprint density at radius 1 is 1.33 bits per heavy atom. The van der Waals surface area contributed by atoms with E-state index >= 15 is 0 Å². The van der Waals surface area contributed by atoms with Crippen molar-refractivity contribution in [2.45, 2.75) is 6.92 Å². The van der Waals surface area contributed by atoms with Gasteiger partial charge < -0.3 is 10.2 Å². The highest BCUT2D eigenvalue weighted by molar-refractivity contribution is 5.36. The van der Waals surface area contributed by atoms with E-state index in [0.717, 1.165) is 32.4 Å². The molecular formula is C12H13FN8. The maximum absolute atomic E-state index is 14.0. The van der Waals surface area contributed by atoms with Crippen molar-refractivity contribution in [1.29, 1.82) is 5.26 Å². The van der Waals surface area contributed by atoms with Gasteiger partial charge in [0, 0.05) is 26.2 Å². The predicted molar refractivity (Wildman–Crippen MR) is 71.4 cm³/mol. The normalized spacial score (nSPS) is 15.0. The molecule has 0 radical (unpaired) electrons. The third kappa shape index (κ3) is 2.53. The summed E-state index contributed by atoms with van der Waals surface area (Å²) in [7, 11) is 0. The molecule has 8 nitrogen and oxygen atoms in total. The minimum atomic E-state index is -0.605. The van der Waals surface area contributed by atoms with E-state index in [1.165, 1.54) is 4.68 Å². The second-order valence-corrected chi connectivity index (χ2v) is 4.58. The lowest BCUT2D eigenvalue weighted by atomic mass is 10.4. The summed E-state index contributed by atoms with van der Waals surface area (Å²) in [6.45, 7) is 4.81. The Bertz CT molecular complexity index is 698. The first-order chi connectivity index (χ1) is 10.2. The molecule has 0 saturated carbocycles. The maximum Gasteiger partial charge on any atom is 0.252 e. The number of hydrogen-bond donors (Lipinski definition) is 1. The van der Waals surface area contributed by atoms with E-state index in [2.05, 4.69) is 25.4 Å². The standard InChI is InChI=1S/C12H13FN8/c1-8-17-10(6-14)19-21(8)11-9(13)7-16-12(18-11)20-4-2-15-3-5-20/h7,15H,2-5H2,1H3. The van der Waals surface area contributed by atoms with Crippen molar-refractivity contribution in [3.05, 3.63) is 23.7 Å². The molecule has 0 aliphatic carbocycles. The smallest absolute Gasteiger partial charge is 0.252 e. The number of rotatable bonds is 2. The van der Waals surface area contributed by atoms with E-state index in [1.54, 1.807) is 6.92 Å². The molecule has 1 aliphatic rings. The number of halogens is 1. The van der Waals surface area contributed by atoms with Crippen molar-refractivity contribution < 1.29 is 4.39 Å². The summed E-state index contributed by atoms with van der Waals surface area (Å²) in [4.78, 5) is 14.2. The third-order valence-corrected chi connectivity index (χ3v) is 3.18. The molecule has 0 bridgehead atoms. The number of hydrogen-bond acceptors (Lipinski definition) is 7. The van der Waals surface area contributed by atoms with Crippen molar-refractivity contribution >= 4 is 5.95 Å². The molecule has 2 aromatic heterocycles. The lowest BCUT2D eigenvalue weighted by molar-refractivity contribution is 0.564. The van der Waals surface area contributed by atoms with Gasteiger partial charge in [0.2, 0.25) is 5.95 Å². The molecule has 1 aliphatic heterocycles. The number of piperazine rings is 1. The number of aromatic nitrogens is 5. The zero-order valence-corrected chi connectivity index (χ0v) is 11.4. The first-order valence-electron chi connectivity index (χ1n) is 6.51. The van der Waals surface area contributed by atoms with Gasteiger partial charge in [-0.15, -0.1) is 5.10 Å². The van der Waals surface area contributed by atoms with Gasteiger partial charge in [0.15, 0.2) is 11.6 Å². The van der Waals surface area contributed by atoms with Gasteiger partial charge in [-0.25, -0.2) is 14.4 Å². The van der Waals surface area contributed by atoms with Gasteiger partial charge >= 0.3 is 0 Å². The Morgan fingerprint density at radius 2 is 2.10 bits per heavy atom. The topological polar surface area (TPSA) is 95.5 Å². The molecule has 1 fully saturated rings. The molecule has 108 valence electrons. The van der Waals surface area contributed by atoms with Gasteiger partial charge in [0.05, 0.1) is 6.20 Å². The molecule has 2 aromatic rings. The first-order valence-corrected chi connectivity index (χ1v) is 6.51. The summed E-state index contributed by atoms with van der Waals surface area (Å²) in [6, 6.07) is 1.83. The number of nitriles is 1. The lowest BCUT2D eigenvalue weighted by Crippen LogP contribution is -2.44. The Labute approximate surface area is 120 Å². The van der Waals surface area contributed by atoms with Crippen molar-refractivity contribution in [2.24, 2.45) is 0 Å². The summed E-state index contributed by atoms with van der Waals surface area (Å²) in [6.07, 6.45) is 1.12. The van der Waals surface area contributed by atoms with Gasteiger partial charge in [-0.2, -0.15) is 14.9 Å². The molecule has 3 heterocycles. The van der Waals surface area contributed by atoms with Crippen LogP contribution in [0.1, 0.15) is 11.6 Å². The predicted octanol–water partition coefficient (Wildman–Crippen LogP) is -0.214. The monoisotopic (exact) mass is 288 g/mol. The molecule has 0 amide bonds. The van der Waals surface area contributed by atoms with Crippen LogP contribution in [0.5, 0.6) is 0 Å². The SMILES string of the molecule is Cc1nc(C#N)nn1-c1nc(N2CCNCC2)ncc1F. The number of anilines is 1. The summed E-state index contributed by atoms with van der Waals surface area (Å²) < 4.78 is 15.2. The van der Waals surface area contributed by atoms with Crippen LogP contribution in [0, 0.1) is 24.1 Å². The zero-order valence-electron chi connectivity index (χ0n) is 11.4. The average molecular weight is 288 g/mol. The van der Waals surface area contributed by atoms with Crippen molar-refractivity contribution in [3.63, 3.8) is 0 Å². The van der Waals surface area contributed by atoms with E-state index in [-0.39, 0.29) is 11.6 Å². The van der Waals surface area contributed by atoms with E-state index in [0.29, 0.717) is 11.8 Å². The number of nitrogens with zero attached hydrogens (tertiary/aromatic N) is 7. The van der Waals surface area contributed by atoms with Gasteiger partial charge in [-0.3, -0.25) is 0 Å². The first kappa shape index (κ1) is 13.4. The molecule has 0 aromatic carbocycles. The Kier molecular flexibility index (Phi) is 3.45. The van der Waals surface area contributed by atoms with Crippen molar-refractivity contribution in [2.75, 3.05) is 31.1 Å². The van der Waals surface area contributed by atoms with Gasteiger partial charge in [0.25, 0.3) is 5.82 Å². The fourth-order valence-electron chi connectivity index (χ4n) is 2.15. The summed E-state index contributed by atoms with van der Waals surface area (Å²) in [5, 5.41) is 16.0. The van der Waals surface area contributed by atoms with Crippen LogP contribution in [0.2, 0.25) is 0 Å². The van der Waals surface area contributed by atoms with Gasteiger partial charge in [-0.05, 0) is 6.92 Å². The highest BCUT2D eigenvalue weighted by Crippen LogP contribution is 2.15. The highest BCUT2D eigenvalue weighted by atomic mass is 19.1. The van der Waals surface area contributed by atoms with E-state index < -0.39 is 5.82 Å². The zero-order chi connectivity index (χ0) is 14.8. The van der Waals surface area contributed by atoms with Crippen LogP contribution >= 0.6 is 0 Å². The number of aryl methyl sites for hydroxylation is 1. The van der Waals surface area contributed by atoms with Crippen LogP contribution in [0.3, 0.4) is 0 Å². The molecule has 3 rings (SSSR count). The largest absolute Gasteiger partial charge is 0.338 e. The minimum absolute atomic E-state index is 0.00466. The van der Waals surface area contributed by atoms with Crippen LogP contribution < -0.4 is 10.2 Å². The molecular weight excluding hydrogens is 275 g/mol. The molecule has 0 atom stereocenters. The molecule has 1 N–H and O–H groups in total. The lowest BCUT2D eigenvalue weighted by Gasteiger charge is -2.27. The molecule has 9 heteroatoms. The second-order valence-electron chi connectivity index (χ2n) is 4.58. The van der Waals surface area contributed by atoms with Crippen LogP contribution in [0.25, 0.3) is 5.82 Å². The Balaban J connectivity index is 2.01. The number of nitrogens with one attached hydrogen (secondary N) is 1. The summed E-state index contributed by atoms with van der Waals surface area (Å²) in [5.74, 6) is 0.224. The van der Waals surface area contributed by atoms with E-state index in [9.17, 15) is 4.39 Å². The molecule has 21 heavy (non-hydrogen) atoms. The van der Waals surface area contributed by atoms with Crippen LogP contribution in [-0.2, 0) is 0 Å². The quantitative estimate of drug-likeness (QED) is 0.816. The van der Waals surface area contributed by atoms with Crippen molar-refractivity contribution in [1.82, 2.24) is 30.0 Å². The minimum Gasteiger partial charge on any atom is -0.338 e. The Morgan fingerprint density at radius 3 is 2.76 bits per heavy atom. The van der Waals surface area contributed by atoms with E-state index in [4.69, 9.17) is 5.26 Å². The summed E-state index contributed by atoms with van der Waals surface area (Å²) >= 11 is 0. The van der Waals surface area contributed by atoms with Gasteiger partial charge in [-0.1, -0.05) is 0 Å². The summed E-state index contributed by atoms with van der Waals surface area (Å²) in [5.41, 5.74) is 0. The fraction of sp³-hybridized carbons (Fsp3) is 0.417. The molecule has 0 unspecified atom stereocenters. The van der Waals surface area contributed by atoms with Crippen LogP contribution in [0.4, 0.5) is 10.3 Å². The molecule has 0 spiro atoms. The maximum atomic E-state index is 14.0. The van der Waals surface area contributed by atoms with Crippen LogP contribution in [-0.4, -0.2) is 50.9 Å². The Hall–Kier alpha value is -2.60. The third-order valence-electron chi connectivity index (χ3n) is 3.18. The second kappa shape index (κ2) is 5.41. The molecule has 1 saturated heterocycles. The van der Waals surface area contributed by atoms with Gasteiger partial charge in [0.1, 0.15) is 11.9 Å². The highest BCUT2D eigenvalue weighted by Gasteiger charge is 2.18.